The Bertz CT molecular complexity index is 1230. The number of hydrogen-bond acceptors (Lipinski definition) is 6. The Kier molecular flexibility index (Phi) is 8.05. The van der Waals surface area contributed by atoms with Crippen LogP contribution in [0.3, 0.4) is 0 Å². The molecule has 0 amide bonds. The maximum absolute atomic E-state index is 14.0. The largest absolute Gasteiger partial charge is 0.492 e. The number of allylic oxidation sites excluding steroid dienone is 1. The molecule has 1 unspecified atom stereocenters. The van der Waals surface area contributed by atoms with Crippen LogP contribution in [0.2, 0.25) is 0 Å². The molecule has 0 spiro atoms. The summed E-state index contributed by atoms with van der Waals surface area (Å²) in [7, 11) is -2.68. The van der Waals surface area contributed by atoms with Crippen LogP contribution in [0.1, 0.15) is 61.0 Å². The van der Waals surface area contributed by atoms with Crippen molar-refractivity contribution >= 4 is 27.3 Å². The lowest BCUT2D eigenvalue weighted by molar-refractivity contribution is 0.0483. The molecule has 1 saturated heterocycles. The minimum atomic E-state index is -3.96. The zero-order valence-electron chi connectivity index (χ0n) is 21.3. The second-order valence-corrected chi connectivity index (χ2v) is 11.4. The van der Waals surface area contributed by atoms with Gasteiger partial charge in [0.1, 0.15) is 11.3 Å². The Labute approximate surface area is 214 Å². The number of methoxy groups -OCH3 is 1. The van der Waals surface area contributed by atoms with Gasteiger partial charge in [-0.1, -0.05) is 25.1 Å². The van der Waals surface area contributed by atoms with Gasteiger partial charge in [0, 0.05) is 19.3 Å². The van der Waals surface area contributed by atoms with Crippen LogP contribution >= 0.6 is 0 Å². The van der Waals surface area contributed by atoms with E-state index >= 15 is 0 Å². The molecule has 1 fully saturated rings. The quantitative estimate of drug-likeness (QED) is 0.450. The fourth-order valence-electron chi connectivity index (χ4n) is 4.90. The van der Waals surface area contributed by atoms with E-state index in [1.165, 1.54) is 23.5 Å². The molecule has 0 saturated carbocycles. The number of rotatable bonds is 8. The molecule has 0 aliphatic carbocycles. The van der Waals surface area contributed by atoms with Crippen LogP contribution in [-0.4, -0.2) is 47.4 Å². The van der Waals surface area contributed by atoms with Gasteiger partial charge in [0.2, 0.25) is 0 Å². The highest BCUT2D eigenvalue weighted by Crippen LogP contribution is 2.38. The summed E-state index contributed by atoms with van der Waals surface area (Å²) in [6.07, 6.45) is 3.97. The molecular weight excluding hydrogens is 478 g/mol. The third-order valence-corrected chi connectivity index (χ3v) is 8.95. The summed E-state index contributed by atoms with van der Waals surface area (Å²) < 4.78 is 45.9. The average molecular weight is 514 g/mol. The van der Waals surface area contributed by atoms with Crippen LogP contribution in [0.25, 0.3) is 5.57 Å². The number of anilines is 1. The number of carbonyl (C=O) groups is 1. The lowest BCUT2D eigenvalue weighted by atomic mass is 9.94. The summed E-state index contributed by atoms with van der Waals surface area (Å²) in [4.78, 5) is 12.7. The highest BCUT2D eigenvalue weighted by molar-refractivity contribution is 7.92. The summed E-state index contributed by atoms with van der Waals surface area (Å²) in [5.74, 6) is 0.0163. The van der Waals surface area contributed by atoms with Gasteiger partial charge in [-0.25, -0.2) is 13.2 Å². The van der Waals surface area contributed by atoms with Crippen molar-refractivity contribution in [2.45, 2.75) is 56.9 Å². The van der Waals surface area contributed by atoms with Crippen molar-refractivity contribution in [3.05, 3.63) is 59.7 Å². The number of hydrogen-bond donors (Lipinski definition) is 0. The second kappa shape index (κ2) is 11.0. The first-order valence-electron chi connectivity index (χ1n) is 12.5. The number of aryl methyl sites for hydroxylation is 1. The first-order valence-corrected chi connectivity index (χ1v) is 14.0. The Balaban J connectivity index is 1.70. The maximum atomic E-state index is 14.0. The second-order valence-electron chi connectivity index (χ2n) is 9.54. The van der Waals surface area contributed by atoms with E-state index in [0.29, 0.717) is 43.6 Å². The van der Waals surface area contributed by atoms with Crippen LogP contribution in [0, 0.1) is 5.92 Å². The van der Waals surface area contributed by atoms with Gasteiger partial charge in [-0.3, -0.25) is 4.31 Å². The van der Waals surface area contributed by atoms with Gasteiger partial charge in [0.05, 0.1) is 24.3 Å². The molecule has 4 rings (SSSR count). The third-order valence-electron chi connectivity index (χ3n) is 7.09. The third kappa shape index (κ3) is 5.30. The summed E-state index contributed by atoms with van der Waals surface area (Å²) in [5, 5.41) is 0. The molecule has 7 nitrogen and oxygen atoms in total. The van der Waals surface area contributed by atoms with Crippen LogP contribution in [0.5, 0.6) is 5.75 Å². The van der Waals surface area contributed by atoms with Gasteiger partial charge in [0.15, 0.2) is 0 Å². The smallest absolute Gasteiger partial charge is 0.341 e. The maximum Gasteiger partial charge on any atom is 0.341 e. The summed E-state index contributed by atoms with van der Waals surface area (Å²) in [5.41, 5.74) is 3.70. The molecule has 194 valence electrons. The van der Waals surface area contributed by atoms with E-state index in [1.54, 1.807) is 6.07 Å². The molecule has 0 aromatic heterocycles. The van der Waals surface area contributed by atoms with Gasteiger partial charge in [-0.2, -0.15) is 0 Å². The van der Waals surface area contributed by atoms with Gasteiger partial charge in [-0.15, -0.1) is 0 Å². The first kappa shape index (κ1) is 26.2. The van der Waals surface area contributed by atoms with Gasteiger partial charge in [0.25, 0.3) is 10.0 Å². The molecule has 0 radical (unpaired) electrons. The first-order chi connectivity index (χ1) is 17.3. The standard InChI is InChI=1S/C28H35NO6S/c1-5-23-8-6-22-16-21(19(2)3)7-10-26(22)29(23)36(31,32)24-9-11-27(25(17-24)28(30)33-4)35-18-20-12-14-34-15-13-20/h7,9-11,16-17,20,23H,2,5-6,8,12-15,18H2,1,3-4H3. The molecule has 2 aliphatic heterocycles. The van der Waals surface area contributed by atoms with Crippen molar-refractivity contribution in [2.24, 2.45) is 5.92 Å². The van der Waals surface area contributed by atoms with Crippen molar-refractivity contribution < 1.29 is 27.4 Å². The highest BCUT2D eigenvalue weighted by atomic mass is 32.2. The van der Waals surface area contributed by atoms with E-state index in [4.69, 9.17) is 14.2 Å². The lowest BCUT2D eigenvalue weighted by Crippen LogP contribution is -2.43. The van der Waals surface area contributed by atoms with Gasteiger partial charge >= 0.3 is 5.97 Å². The number of fused-ring (bicyclic) bond motifs is 1. The Morgan fingerprint density at radius 1 is 1.14 bits per heavy atom. The van der Waals surface area contributed by atoms with Crippen molar-refractivity contribution in [2.75, 3.05) is 31.2 Å². The predicted octanol–water partition coefficient (Wildman–Crippen LogP) is 5.23. The minimum absolute atomic E-state index is 0.0385. The zero-order valence-corrected chi connectivity index (χ0v) is 22.1. The normalized spacial score (nSPS) is 18.4. The molecule has 0 bridgehead atoms. The molecule has 1 atom stereocenters. The van der Waals surface area contributed by atoms with Crippen LogP contribution in [-0.2, 0) is 25.9 Å². The summed E-state index contributed by atoms with van der Waals surface area (Å²) >= 11 is 0. The fraction of sp³-hybridized carbons (Fsp3) is 0.464. The Morgan fingerprint density at radius 2 is 1.89 bits per heavy atom. The number of ether oxygens (including phenoxy) is 3. The van der Waals surface area contributed by atoms with E-state index < -0.39 is 16.0 Å². The number of esters is 1. The lowest BCUT2D eigenvalue weighted by Gasteiger charge is -2.37. The molecule has 2 heterocycles. The van der Waals surface area contributed by atoms with E-state index in [0.717, 1.165) is 42.4 Å². The summed E-state index contributed by atoms with van der Waals surface area (Å²) in [6, 6.07) is 10.1. The minimum Gasteiger partial charge on any atom is -0.492 e. The number of carbonyl (C=O) groups excluding carboxylic acids is 1. The topological polar surface area (TPSA) is 82.1 Å². The van der Waals surface area contributed by atoms with Gasteiger partial charge < -0.3 is 14.2 Å². The van der Waals surface area contributed by atoms with Crippen molar-refractivity contribution in [3.63, 3.8) is 0 Å². The molecule has 36 heavy (non-hydrogen) atoms. The molecule has 8 heteroatoms. The highest BCUT2D eigenvalue weighted by Gasteiger charge is 2.36. The molecule has 2 aromatic rings. The number of nitrogens with zero attached hydrogens (tertiary/aromatic N) is 1. The summed E-state index contributed by atoms with van der Waals surface area (Å²) in [6.45, 7) is 9.77. The molecule has 0 N–H and O–H groups in total. The zero-order chi connectivity index (χ0) is 25.9. The molecule has 2 aromatic carbocycles. The van der Waals surface area contributed by atoms with Crippen molar-refractivity contribution in [3.8, 4) is 5.75 Å². The molecule has 2 aliphatic rings. The van der Waals surface area contributed by atoms with Crippen molar-refractivity contribution in [1.82, 2.24) is 0 Å². The number of sulfonamides is 1. The van der Waals surface area contributed by atoms with E-state index in [2.05, 4.69) is 6.58 Å². The predicted molar refractivity (Wildman–Crippen MR) is 140 cm³/mol. The molecular formula is C28H35NO6S. The van der Waals surface area contributed by atoms with E-state index in [9.17, 15) is 13.2 Å². The average Bonchev–Trinajstić information content (AvgIpc) is 2.90. The van der Waals surface area contributed by atoms with Crippen LogP contribution in [0.15, 0.2) is 47.9 Å². The van der Waals surface area contributed by atoms with Crippen LogP contribution in [0.4, 0.5) is 5.69 Å². The van der Waals surface area contributed by atoms with Crippen LogP contribution < -0.4 is 9.04 Å². The Morgan fingerprint density at radius 3 is 2.56 bits per heavy atom. The fourth-order valence-corrected chi connectivity index (χ4v) is 6.72. The Hall–Kier alpha value is -2.84. The monoisotopic (exact) mass is 513 g/mol. The van der Waals surface area contributed by atoms with Gasteiger partial charge in [-0.05, 0) is 86.4 Å². The van der Waals surface area contributed by atoms with Crippen molar-refractivity contribution in [1.29, 1.82) is 0 Å². The van der Waals surface area contributed by atoms with E-state index in [1.807, 2.05) is 32.0 Å². The van der Waals surface area contributed by atoms with E-state index in [-0.39, 0.29) is 16.5 Å². The SMILES string of the molecule is C=C(C)c1ccc2c(c1)CCC(CC)N2S(=O)(=O)c1ccc(OCC2CCOCC2)c(C(=O)OC)c1. The number of benzene rings is 2.